The number of ether oxygens (including phenoxy) is 1. The molecule has 0 aromatic heterocycles. The highest BCUT2D eigenvalue weighted by Gasteiger charge is 2.32. The Hall–Kier alpha value is -3.50. The summed E-state index contributed by atoms with van der Waals surface area (Å²) in [5.74, 6) is -0.270. The van der Waals surface area contributed by atoms with Crippen LogP contribution in [0.3, 0.4) is 0 Å². The van der Waals surface area contributed by atoms with Crippen LogP contribution in [0.1, 0.15) is 25.0 Å². The van der Waals surface area contributed by atoms with Crippen LogP contribution >= 0.6 is 11.8 Å². The maximum atomic E-state index is 13.9. The molecule has 0 heterocycles. The second kappa shape index (κ2) is 13.5. The number of hydrogen-bond donors (Lipinski definition) is 1. The van der Waals surface area contributed by atoms with Gasteiger partial charge >= 0.3 is 0 Å². The minimum Gasteiger partial charge on any atom is -0.494 e. The molecule has 0 saturated carbocycles. The zero-order valence-electron chi connectivity index (χ0n) is 22.9. The van der Waals surface area contributed by atoms with Crippen LogP contribution in [0.25, 0.3) is 0 Å². The van der Waals surface area contributed by atoms with E-state index in [1.807, 2.05) is 44.4 Å². The molecule has 10 heteroatoms. The first kappa shape index (κ1) is 30.0. The third kappa shape index (κ3) is 7.54. The smallest absolute Gasteiger partial charge is 0.264 e. The second-order valence-electron chi connectivity index (χ2n) is 8.92. The Morgan fingerprint density at radius 1 is 1.03 bits per heavy atom. The fraction of sp³-hybridized carbons (Fsp3) is 0.310. The van der Waals surface area contributed by atoms with Gasteiger partial charge in [0.05, 0.1) is 17.2 Å². The average Bonchev–Trinajstić information content (AvgIpc) is 2.94. The van der Waals surface area contributed by atoms with Crippen molar-refractivity contribution in [3.8, 4) is 5.75 Å². The highest BCUT2D eigenvalue weighted by molar-refractivity contribution is 7.98. The van der Waals surface area contributed by atoms with Gasteiger partial charge in [0.15, 0.2) is 0 Å². The Bertz CT molecular complexity index is 1380. The van der Waals surface area contributed by atoms with E-state index in [-0.39, 0.29) is 17.3 Å². The van der Waals surface area contributed by atoms with Gasteiger partial charge in [-0.05, 0) is 81.1 Å². The van der Waals surface area contributed by atoms with Crippen molar-refractivity contribution in [3.05, 3.63) is 83.9 Å². The molecule has 0 aliphatic carbocycles. The van der Waals surface area contributed by atoms with Gasteiger partial charge in [-0.3, -0.25) is 13.9 Å². The number of hydrogen-bond acceptors (Lipinski definition) is 6. The molecule has 0 unspecified atom stereocenters. The van der Waals surface area contributed by atoms with Crippen molar-refractivity contribution in [1.29, 1.82) is 0 Å². The van der Waals surface area contributed by atoms with Crippen molar-refractivity contribution in [2.45, 2.75) is 43.1 Å². The van der Waals surface area contributed by atoms with E-state index in [4.69, 9.17) is 4.74 Å². The number of nitrogens with one attached hydrogen (secondary N) is 1. The van der Waals surface area contributed by atoms with Gasteiger partial charge in [0.2, 0.25) is 11.8 Å². The molecule has 8 nitrogen and oxygen atoms in total. The van der Waals surface area contributed by atoms with Gasteiger partial charge in [-0.25, -0.2) is 8.42 Å². The third-order valence-electron chi connectivity index (χ3n) is 6.21. The molecule has 0 fully saturated rings. The lowest BCUT2D eigenvalue weighted by Gasteiger charge is -2.32. The van der Waals surface area contributed by atoms with Crippen LogP contribution in [0.15, 0.2) is 82.6 Å². The molecule has 0 aliphatic heterocycles. The van der Waals surface area contributed by atoms with Crippen LogP contribution in [0.2, 0.25) is 0 Å². The van der Waals surface area contributed by atoms with Crippen LogP contribution in [-0.2, 0) is 26.2 Å². The largest absolute Gasteiger partial charge is 0.494 e. The normalized spacial score (nSPS) is 11.9. The summed E-state index contributed by atoms with van der Waals surface area (Å²) >= 11 is 1.50. The van der Waals surface area contributed by atoms with Crippen LogP contribution in [-0.4, -0.2) is 57.6 Å². The summed E-state index contributed by atoms with van der Waals surface area (Å²) in [5, 5.41) is 2.59. The highest BCUT2D eigenvalue weighted by Crippen LogP contribution is 2.28. The fourth-order valence-electron chi connectivity index (χ4n) is 4.08. The second-order valence-corrected chi connectivity index (χ2v) is 11.7. The number of thioether (sulfide) groups is 1. The number of amides is 2. The van der Waals surface area contributed by atoms with Gasteiger partial charge in [0, 0.05) is 18.5 Å². The lowest BCUT2D eigenvalue weighted by Crippen LogP contribution is -2.50. The molecular weight excluding hydrogens is 534 g/mol. The molecule has 1 atom stereocenters. The van der Waals surface area contributed by atoms with Gasteiger partial charge in [-0.15, -0.1) is 11.8 Å². The number of carbonyl (C=O) groups is 2. The molecule has 3 rings (SSSR count). The molecule has 39 heavy (non-hydrogen) atoms. The Balaban J connectivity index is 2.03. The number of anilines is 1. The molecule has 0 bridgehead atoms. The molecule has 0 radical (unpaired) electrons. The van der Waals surface area contributed by atoms with E-state index in [0.717, 1.165) is 20.3 Å². The summed E-state index contributed by atoms with van der Waals surface area (Å²) in [6.07, 6.45) is 1.91. The van der Waals surface area contributed by atoms with E-state index in [9.17, 15) is 18.0 Å². The minimum absolute atomic E-state index is 0.0616. The van der Waals surface area contributed by atoms with Crippen LogP contribution in [0.5, 0.6) is 5.75 Å². The van der Waals surface area contributed by atoms with Gasteiger partial charge < -0.3 is 15.0 Å². The van der Waals surface area contributed by atoms with E-state index in [1.165, 1.54) is 35.8 Å². The van der Waals surface area contributed by atoms with Crippen molar-refractivity contribution < 1.29 is 22.7 Å². The monoisotopic (exact) mass is 569 g/mol. The number of benzene rings is 3. The zero-order valence-corrected chi connectivity index (χ0v) is 24.5. The van der Waals surface area contributed by atoms with E-state index in [0.29, 0.717) is 18.0 Å². The third-order valence-corrected chi connectivity index (χ3v) is 8.74. The molecule has 1 N–H and O–H groups in total. The summed E-state index contributed by atoms with van der Waals surface area (Å²) in [6, 6.07) is 19.9. The van der Waals surface area contributed by atoms with Gasteiger partial charge in [0.25, 0.3) is 10.0 Å². The molecule has 0 spiro atoms. The van der Waals surface area contributed by atoms with Gasteiger partial charge in [-0.2, -0.15) is 0 Å². The molecule has 0 aliphatic rings. The van der Waals surface area contributed by atoms with Crippen molar-refractivity contribution >= 4 is 39.3 Å². The summed E-state index contributed by atoms with van der Waals surface area (Å²) in [6.45, 7) is 5.55. The summed E-state index contributed by atoms with van der Waals surface area (Å²) < 4.78 is 34.4. The molecule has 2 amide bonds. The summed E-state index contributed by atoms with van der Waals surface area (Å²) in [7, 11) is -2.63. The molecular formula is C29H35N3O5S2. The van der Waals surface area contributed by atoms with Crippen molar-refractivity contribution in [2.75, 3.05) is 30.8 Å². The van der Waals surface area contributed by atoms with Gasteiger partial charge in [-0.1, -0.05) is 29.8 Å². The number of sulfonamides is 1. The Kier molecular flexibility index (Phi) is 10.4. The van der Waals surface area contributed by atoms with Gasteiger partial charge in [0.1, 0.15) is 18.3 Å². The van der Waals surface area contributed by atoms with E-state index in [1.54, 1.807) is 43.3 Å². The van der Waals surface area contributed by atoms with E-state index >= 15 is 0 Å². The number of carbonyl (C=O) groups excluding carboxylic acids is 2. The van der Waals surface area contributed by atoms with Crippen molar-refractivity contribution in [2.24, 2.45) is 0 Å². The quantitative estimate of drug-likeness (QED) is 0.323. The lowest BCUT2D eigenvalue weighted by atomic mass is 10.1. The lowest BCUT2D eigenvalue weighted by molar-refractivity contribution is -0.139. The predicted molar refractivity (Wildman–Crippen MR) is 156 cm³/mol. The van der Waals surface area contributed by atoms with Crippen molar-refractivity contribution in [1.82, 2.24) is 10.2 Å². The van der Waals surface area contributed by atoms with Crippen LogP contribution < -0.4 is 14.4 Å². The van der Waals surface area contributed by atoms with Crippen LogP contribution in [0, 0.1) is 6.92 Å². The Labute approximate surface area is 235 Å². The molecule has 3 aromatic carbocycles. The SMILES string of the molecule is CCOc1ccc(N(CC(=O)N(Cc2cccc(C)c2)[C@@H](C)C(=O)NC)S(=O)(=O)c2ccc(SC)cc2)cc1. The summed E-state index contributed by atoms with van der Waals surface area (Å²) in [4.78, 5) is 28.8. The number of nitrogens with zero attached hydrogens (tertiary/aromatic N) is 2. The molecule has 0 saturated heterocycles. The Morgan fingerprint density at radius 3 is 2.26 bits per heavy atom. The minimum atomic E-state index is -4.13. The fourth-order valence-corrected chi connectivity index (χ4v) is 5.90. The highest BCUT2D eigenvalue weighted by atomic mass is 32.2. The maximum absolute atomic E-state index is 13.9. The van der Waals surface area contributed by atoms with Crippen LogP contribution in [0.4, 0.5) is 5.69 Å². The van der Waals surface area contributed by atoms with Crippen molar-refractivity contribution in [3.63, 3.8) is 0 Å². The average molecular weight is 570 g/mol. The maximum Gasteiger partial charge on any atom is 0.264 e. The zero-order chi connectivity index (χ0) is 28.6. The predicted octanol–water partition coefficient (Wildman–Crippen LogP) is 4.47. The summed E-state index contributed by atoms with van der Waals surface area (Å²) in [5.41, 5.74) is 2.16. The van der Waals surface area contributed by atoms with E-state index < -0.39 is 28.5 Å². The first-order valence-corrected chi connectivity index (χ1v) is 15.2. The number of likely N-dealkylation sites (N-methyl/N-ethyl adjacent to an activating group) is 1. The molecule has 208 valence electrons. The molecule has 3 aromatic rings. The number of rotatable bonds is 12. The topological polar surface area (TPSA) is 96.0 Å². The van der Waals surface area contributed by atoms with E-state index in [2.05, 4.69) is 5.32 Å². The first-order chi connectivity index (χ1) is 18.6. The first-order valence-electron chi connectivity index (χ1n) is 12.6. The Morgan fingerprint density at radius 2 is 1.69 bits per heavy atom. The standard InChI is InChI=1S/C29H35N3O5S2/c1-6-37-25-12-10-24(11-13-25)32(39(35,36)27-16-14-26(38-5)15-17-27)20-28(33)31(22(3)29(34)30-4)19-23-9-7-8-21(2)18-23/h7-18,22H,6,19-20H2,1-5H3,(H,30,34)/t22-/m0/s1. The number of aryl methyl sites for hydroxylation is 1.